The SMILES string of the molecule is CC(=O)OCCC12C[NH+]3CC[NH+](CC(C3)C1=O)C2. The lowest BCUT2D eigenvalue weighted by Crippen LogP contribution is -3.17. The zero-order chi connectivity index (χ0) is 12.8. The first-order valence-corrected chi connectivity index (χ1v) is 6.94. The molecule has 100 valence electrons. The summed E-state index contributed by atoms with van der Waals surface area (Å²) in [4.78, 5) is 26.6. The Bertz CT molecular complexity index is 366. The summed E-state index contributed by atoms with van der Waals surface area (Å²) in [6.07, 6.45) is 0.717. The van der Waals surface area contributed by atoms with E-state index in [4.69, 9.17) is 4.74 Å². The fourth-order valence-electron chi connectivity index (χ4n) is 4.15. The second kappa shape index (κ2) is 4.31. The molecule has 4 bridgehead atoms. The third kappa shape index (κ3) is 1.95. The topological polar surface area (TPSA) is 52.2 Å². The highest BCUT2D eigenvalue weighted by molar-refractivity contribution is 5.88. The summed E-state index contributed by atoms with van der Waals surface area (Å²) in [5.74, 6) is 0.451. The number of carbonyl (C=O) groups is 2. The normalized spacial score (nSPS) is 41.8. The Kier molecular flexibility index (Phi) is 2.90. The third-order valence-corrected chi connectivity index (χ3v) is 4.86. The Morgan fingerprint density at radius 1 is 1.33 bits per heavy atom. The van der Waals surface area contributed by atoms with Gasteiger partial charge in [0.15, 0.2) is 5.78 Å². The highest BCUT2D eigenvalue weighted by atomic mass is 16.5. The molecule has 0 aliphatic carbocycles. The van der Waals surface area contributed by atoms with Gasteiger partial charge in [-0.2, -0.15) is 0 Å². The summed E-state index contributed by atoms with van der Waals surface area (Å²) in [6, 6.07) is 0. The zero-order valence-corrected chi connectivity index (χ0v) is 11.0. The summed E-state index contributed by atoms with van der Waals surface area (Å²) < 4.78 is 5.06. The van der Waals surface area contributed by atoms with Crippen molar-refractivity contribution in [3.8, 4) is 0 Å². The van der Waals surface area contributed by atoms with Crippen LogP contribution < -0.4 is 9.80 Å². The van der Waals surface area contributed by atoms with Gasteiger partial charge in [0, 0.05) is 13.3 Å². The first-order chi connectivity index (χ1) is 8.59. The van der Waals surface area contributed by atoms with Gasteiger partial charge >= 0.3 is 5.97 Å². The van der Waals surface area contributed by atoms with E-state index < -0.39 is 0 Å². The number of rotatable bonds is 3. The number of piperidine rings is 2. The predicted molar refractivity (Wildman–Crippen MR) is 63.3 cm³/mol. The van der Waals surface area contributed by atoms with Crippen LogP contribution in [-0.4, -0.2) is 57.6 Å². The van der Waals surface area contributed by atoms with Crippen molar-refractivity contribution in [1.82, 2.24) is 0 Å². The van der Waals surface area contributed by atoms with Crippen molar-refractivity contribution in [3.05, 3.63) is 0 Å². The van der Waals surface area contributed by atoms with E-state index >= 15 is 0 Å². The average molecular weight is 254 g/mol. The average Bonchev–Trinajstić information content (AvgIpc) is 2.53. The Morgan fingerprint density at radius 2 is 1.94 bits per heavy atom. The van der Waals surface area contributed by atoms with Gasteiger partial charge in [-0.1, -0.05) is 0 Å². The number of hydrogen-bond acceptors (Lipinski definition) is 3. The quantitative estimate of drug-likeness (QED) is 0.525. The van der Waals surface area contributed by atoms with Crippen LogP contribution in [0.5, 0.6) is 0 Å². The van der Waals surface area contributed by atoms with Crippen molar-refractivity contribution in [2.75, 3.05) is 45.9 Å². The minimum absolute atomic E-state index is 0.211. The van der Waals surface area contributed by atoms with E-state index in [0.29, 0.717) is 12.4 Å². The fourth-order valence-corrected chi connectivity index (χ4v) is 4.15. The molecule has 0 radical (unpaired) electrons. The smallest absolute Gasteiger partial charge is 0.302 e. The van der Waals surface area contributed by atoms with E-state index in [9.17, 15) is 9.59 Å². The second-order valence-electron chi connectivity index (χ2n) is 6.19. The van der Waals surface area contributed by atoms with Gasteiger partial charge < -0.3 is 14.5 Å². The predicted octanol–water partition coefficient (Wildman–Crippen LogP) is -3.08. The minimum atomic E-state index is -0.245. The Balaban J connectivity index is 1.76. The Morgan fingerprint density at radius 3 is 2.50 bits per heavy atom. The van der Waals surface area contributed by atoms with Gasteiger partial charge in [-0.05, 0) is 0 Å². The van der Waals surface area contributed by atoms with Gasteiger partial charge in [-0.3, -0.25) is 9.59 Å². The largest absolute Gasteiger partial charge is 0.466 e. The number of carbonyl (C=O) groups excluding carboxylic acids is 2. The molecule has 0 amide bonds. The summed E-state index contributed by atoms with van der Waals surface area (Å²) in [7, 11) is 0. The summed E-state index contributed by atoms with van der Waals surface area (Å²) >= 11 is 0. The van der Waals surface area contributed by atoms with Gasteiger partial charge in [-0.15, -0.1) is 0 Å². The van der Waals surface area contributed by atoms with Crippen LogP contribution in [0.25, 0.3) is 0 Å². The maximum absolute atomic E-state index is 12.6. The molecule has 4 aliphatic rings. The first kappa shape index (κ1) is 12.1. The van der Waals surface area contributed by atoms with Gasteiger partial charge in [-0.25, -0.2) is 0 Å². The molecule has 2 N–H and O–H groups in total. The zero-order valence-electron chi connectivity index (χ0n) is 11.0. The molecule has 4 fully saturated rings. The van der Waals surface area contributed by atoms with Crippen molar-refractivity contribution in [2.45, 2.75) is 13.3 Å². The molecule has 0 aromatic carbocycles. The molecule has 2 atom stereocenters. The standard InChI is InChI=1S/C13H20N2O3/c1-10(16)18-5-2-13-8-14-3-4-15(9-13)7-11(6-14)12(13)17/h11H,2-9H2,1H3/p+2. The van der Waals surface area contributed by atoms with Crippen LogP contribution in [0.2, 0.25) is 0 Å². The number of ketones is 1. The van der Waals surface area contributed by atoms with Crippen molar-refractivity contribution in [2.24, 2.45) is 11.3 Å². The summed E-state index contributed by atoms with van der Waals surface area (Å²) in [5, 5.41) is 0. The van der Waals surface area contributed by atoms with Crippen LogP contribution in [0.1, 0.15) is 13.3 Å². The number of hydrogen-bond donors (Lipinski definition) is 2. The van der Waals surface area contributed by atoms with Crippen LogP contribution in [-0.2, 0) is 14.3 Å². The monoisotopic (exact) mass is 254 g/mol. The highest BCUT2D eigenvalue weighted by Crippen LogP contribution is 2.29. The highest BCUT2D eigenvalue weighted by Gasteiger charge is 2.58. The molecule has 5 nitrogen and oxygen atoms in total. The first-order valence-electron chi connectivity index (χ1n) is 6.94. The van der Waals surface area contributed by atoms with Crippen molar-refractivity contribution < 1.29 is 24.1 Å². The molecule has 4 rings (SSSR count). The summed E-state index contributed by atoms with van der Waals surface area (Å²) in [5.41, 5.74) is -0.211. The number of esters is 1. The lowest BCUT2D eigenvalue weighted by Gasteiger charge is -2.43. The van der Waals surface area contributed by atoms with E-state index in [1.807, 2.05) is 0 Å². The van der Waals surface area contributed by atoms with E-state index in [1.54, 1.807) is 9.80 Å². The van der Waals surface area contributed by atoms with Crippen LogP contribution >= 0.6 is 0 Å². The molecule has 4 heterocycles. The van der Waals surface area contributed by atoms with E-state index in [0.717, 1.165) is 32.6 Å². The van der Waals surface area contributed by atoms with Crippen molar-refractivity contribution in [3.63, 3.8) is 0 Å². The Hall–Kier alpha value is -0.940. The van der Waals surface area contributed by atoms with Gasteiger partial charge in [0.2, 0.25) is 0 Å². The molecule has 4 saturated heterocycles. The van der Waals surface area contributed by atoms with Gasteiger partial charge in [0.1, 0.15) is 24.4 Å². The number of quaternary nitrogens is 2. The minimum Gasteiger partial charge on any atom is -0.466 e. The van der Waals surface area contributed by atoms with Gasteiger partial charge in [0.25, 0.3) is 0 Å². The number of nitrogens with one attached hydrogen (secondary N) is 2. The molecular formula is C13H22N2O3+2. The summed E-state index contributed by atoms with van der Waals surface area (Å²) in [6.45, 7) is 8.16. The van der Waals surface area contributed by atoms with Crippen LogP contribution in [0.4, 0.5) is 0 Å². The molecular weight excluding hydrogens is 232 g/mol. The third-order valence-electron chi connectivity index (χ3n) is 4.86. The van der Waals surface area contributed by atoms with E-state index in [1.165, 1.54) is 20.0 Å². The van der Waals surface area contributed by atoms with E-state index in [2.05, 4.69) is 0 Å². The molecule has 18 heavy (non-hydrogen) atoms. The van der Waals surface area contributed by atoms with Crippen LogP contribution in [0, 0.1) is 11.3 Å². The molecule has 5 heteroatoms. The molecule has 0 saturated carbocycles. The van der Waals surface area contributed by atoms with Crippen molar-refractivity contribution in [1.29, 1.82) is 0 Å². The Labute approximate surface area is 107 Å². The second-order valence-corrected chi connectivity index (χ2v) is 6.19. The fraction of sp³-hybridized carbons (Fsp3) is 0.846. The van der Waals surface area contributed by atoms with E-state index in [-0.39, 0.29) is 17.3 Å². The molecule has 2 unspecified atom stereocenters. The van der Waals surface area contributed by atoms with Crippen LogP contribution in [0.15, 0.2) is 0 Å². The number of ether oxygens (including phenoxy) is 1. The maximum Gasteiger partial charge on any atom is 0.302 e. The maximum atomic E-state index is 12.6. The molecule has 4 aliphatic heterocycles. The molecule has 0 spiro atoms. The molecule has 0 aromatic heterocycles. The lowest BCUT2D eigenvalue weighted by atomic mass is 9.69. The lowest BCUT2D eigenvalue weighted by molar-refractivity contribution is -0.918. The number of fused-ring (bicyclic) bond motifs is 1. The molecule has 0 aromatic rings. The van der Waals surface area contributed by atoms with Crippen LogP contribution in [0.3, 0.4) is 0 Å². The van der Waals surface area contributed by atoms with Crippen molar-refractivity contribution >= 4 is 11.8 Å². The van der Waals surface area contributed by atoms with Gasteiger partial charge in [0.05, 0.1) is 32.8 Å². The number of Topliss-reactive ketones (excluding diaryl/α,β-unsaturated/α-hetero) is 1.